The summed E-state index contributed by atoms with van der Waals surface area (Å²) in [7, 11) is 0. The molecule has 0 radical (unpaired) electrons. The maximum Gasteiger partial charge on any atom is 0.416 e. The summed E-state index contributed by atoms with van der Waals surface area (Å²) in [5.74, 6) is -0.371. The molecule has 28 heavy (non-hydrogen) atoms. The van der Waals surface area contributed by atoms with Crippen molar-refractivity contribution >= 4 is 23.4 Å². The second-order valence-corrected chi connectivity index (χ2v) is 7.29. The van der Waals surface area contributed by atoms with Crippen LogP contribution in [0.1, 0.15) is 18.1 Å². The smallest absolute Gasteiger partial charge is 0.325 e. The monoisotopic (exact) mass is 407 g/mol. The molecule has 0 saturated carbocycles. The lowest BCUT2D eigenvalue weighted by Crippen LogP contribution is -2.23. The number of amides is 1. The minimum atomic E-state index is -4.42. The first-order valence-corrected chi connectivity index (χ1v) is 9.13. The average Bonchev–Trinajstić information content (AvgIpc) is 3.09. The molecule has 3 aromatic rings. The Kier molecular flexibility index (Phi) is 5.68. The Morgan fingerprint density at radius 2 is 1.82 bits per heavy atom. The summed E-state index contributed by atoms with van der Waals surface area (Å²) in [6.07, 6.45) is -4.42. The van der Waals surface area contributed by atoms with Gasteiger partial charge in [0.25, 0.3) is 0 Å². The van der Waals surface area contributed by atoms with Crippen molar-refractivity contribution in [2.24, 2.45) is 0 Å². The molecule has 0 bridgehead atoms. The molecule has 1 atom stereocenters. The van der Waals surface area contributed by atoms with Crippen LogP contribution in [0.2, 0.25) is 0 Å². The maximum absolute atomic E-state index is 12.6. The van der Waals surface area contributed by atoms with E-state index in [-0.39, 0.29) is 11.6 Å². The van der Waals surface area contributed by atoms with Crippen LogP contribution in [-0.4, -0.2) is 31.4 Å². The minimum absolute atomic E-state index is 0.281. The molecule has 0 aliphatic carbocycles. The first-order valence-electron chi connectivity index (χ1n) is 8.25. The first kappa shape index (κ1) is 19.9. The van der Waals surface area contributed by atoms with Gasteiger partial charge < -0.3 is 5.32 Å². The number of alkyl halides is 3. The third-order valence-corrected chi connectivity index (χ3v) is 4.95. The molecule has 0 spiro atoms. The number of aromatic nitrogens is 4. The molecule has 0 aliphatic heterocycles. The van der Waals surface area contributed by atoms with Gasteiger partial charge in [-0.05, 0) is 60.2 Å². The SMILES string of the molecule is Cc1ccccc1-n1nnnc1S[C@@H](C)C(=O)Nc1ccc(C(F)(F)F)cc1. The number of benzene rings is 2. The van der Waals surface area contributed by atoms with Crippen LogP contribution in [0.15, 0.2) is 53.7 Å². The number of carbonyl (C=O) groups is 1. The lowest BCUT2D eigenvalue weighted by molar-refractivity contribution is -0.137. The van der Waals surface area contributed by atoms with Gasteiger partial charge in [0.1, 0.15) is 0 Å². The number of thioether (sulfide) groups is 1. The summed E-state index contributed by atoms with van der Waals surface area (Å²) >= 11 is 1.15. The van der Waals surface area contributed by atoms with Gasteiger partial charge in [0.05, 0.1) is 16.5 Å². The number of nitrogens with zero attached hydrogens (tertiary/aromatic N) is 4. The van der Waals surface area contributed by atoms with Crippen LogP contribution >= 0.6 is 11.8 Å². The molecule has 0 aliphatic rings. The van der Waals surface area contributed by atoms with Crippen molar-refractivity contribution in [2.45, 2.75) is 30.4 Å². The van der Waals surface area contributed by atoms with Gasteiger partial charge in [-0.3, -0.25) is 4.79 Å². The fourth-order valence-corrected chi connectivity index (χ4v) is 3.20. The third kappa shape index (κ3) is 4.50. The van der Waals surface area contributed by atoms with E-state index in [9.17, 15) is 18.0 Å². The second-order valence-electron chi connectivity index (χ2n) is 5.98. The predicted octanol–water partition coefficient (Wildman–Crippen LogP) is 4.11. The van der Waals surface area contributed by atoms with E-state index < -0.39 is 17.0 Å². The van der Waals surface area contributed by atoms with E-state index in [1.165, 1.54) is 12.1 Å². The van der Waals surface area contributed by atoms with Gasteiger partial charge in [-0.15, -0.1) is 5.10 Å². The van der Waals surface area contributed by atoms with Crippen LogP contribution in [0.3, 0.4) is 0 Å². The fraction of sp³-hybridized carbons (Fsp3) is 0.222. The minimum Gasteiger partial charge on any atom is -0.325 e. The van der Waals surface area contributed by atoms with E-state index in [1.54, 1.807) is 11.6 Å². The number of hydrogen-bond donors (Lipinski definition) is 1. The number of halogens is 3. The summed E-state index contributed by atoms with van der Waals surface area (Å²) in [4.78, 5) is 12.4. The van der Waals surface area contributed by atoms with Crippen LogP contribution in [0, 0.1) is 6.92 Å². The van der Waals surface area contributed by atoms with Gasteiger partial charge in [0.2, 0.25) is 11.1 Å². The molecule has 3 rings (SSSR count). The van der Waals surface area contributed by atoms with Gasteiger partial charge in [-0.1, -0.05) is 30.0 Å². The standard InChI is InChI=1S/C18H16F3N5OS/c1-11-5-3-4-6-15(11)26-17(23-24-25-26)28-12(2)16(27)22-14-9-7-13(8-10-14)18(19,20)21/h3-10,12H,1-2H3,(H,22,27)/t12-/m0/s1. The zero-order valence-electron chi connectivity index (χ0n) is 14.9. The largest absolute Gasteiger partial charge is 0.416 e. The van der Waals surface area contributed by atoms with Crippen LogP contribution in [-0.2, 0) is 11.0 Å². The highest BCUT2D eigenvalue weighted by molar-refractivity contribution is 8.00. The van der Waals surface area contributed by atoms with Crippen LogP contribution in [0.4, 0.5) is 18.9 Å². The Balaban J connectivity index is 1.69. The van der Waals surface area contributed by atoms with Gasteiger partial charge in [-0.2, -0.15) is 17.9 Å². The Morgan fingerprint density at radius 1 is 1.14 bits per heavy atom. The quantitative estimate of drug-likeness (QED) is 0.645. The summed E-state index contributed by atoms with van der Waals surface area (Å²) in [5.41, 5.74) is 1.28. The second kappa shape index (κ2) is 8.01. The molecule has 2 aromatic carbocycles. The van der Waals surface area contributed by atoms with E-state index in [0.29, 0.717) is 5.16 Å². The summed E-state index contributed by atoms with van der Waals surface area (Å²) in [5, 5.41) is 14.1. The Hall–Kier alpha value is -2.88. The van der Waals surface area contributed by atoms with Crippen molar-refractivity contribution in [2.75, 3.05) is 5.32 Å². The molecule has 1 aromatic heterocycles. The Bertz CT molecular complexity index is 972. The van der Waals surface area contributed by atoms with Gasteiger partial charge in [-0.25, -0.2) is 0 Å². The van der Waals surface area contributed by atoms with Crippen molar-refractivity contribution in [1.82, 2.24) is 20.2 Å². The fourth-order valence-electron chi connectivity index (χ4n) is 2.40. The van der Waals surface area contributed by atoms with Crippen molar-refractivity contribution in [3.05, 3.63) is 59.7 Å². The molecule has 1 amide bonds. The molecule has 10 heteroatoms. The molecule has 146 valence electrons. The van der Waals surface area contributed by atoms with Crippen LogP contribution in [0.5, 0.6) is 0 Å². The number of hydrogen-bond acceptors (Lipinski definition) is 5. The first-order chi connectivity index (χ1) is 13.3. The Labute approximate surface area is 163 Å². The summed E-state index contributed by atoms with van der Waals surface area (Å²) in [6.45, 7) is 3.59. The van der Waals surface area contributed by atoms with Gasteiger partial charge >= 0.3 is 6.18 Å². The summed E-state index contributed by atoms with van der Waals surface area (Å²) < 4.78 is 39.4. The topological polar surface area (TPSA) is 72.7 Å². The van der Waals surface area contributed by atoms with Crippen molar-refractivity contribution in [3.8, 4) is 5.69 Å². The number of carbonyl (C=O) groups excluding carboxylic acids is 1. The Morgan fingerprint density at radius 3 is 2.46 bits per heavy atom. The van der Waals surface area contributed by atoms with Crippen molar-refractivity contribution in [3.63, 3.8) is 0 Å². The lowest BCUT2D eigenvalue weighted by atomic mass is 10.2. The molecule has 1 N–H and O–H groups in total. The maximum atomic E-state index is 12.6. The molecule has 0 fully saturated rings. The van der Waals surface area contributed by atoms with Gasteiger partial charge in [0.15, 0.2) is 0 Å². The average molecular weight is 407 g/mol. The highest BCUT2D eigenvalue weighted by Crippen LogP contribution is 2.30. The molecular formula is C18H16F3N5OS. The lowest BCUT2D eigenvalue weighted by Gasteiger charge is -2.13. The zero-order valence-corrected chi connectivity index (χ0v) is 15.8. The van der Waals surface area contributed by atoms with Crippen molar-refractivity contribution < 1.29 is 18.0 Å². The van der Waals surface area contributed by atoms with E-state index >= 15 is 0 Å². The molecule has 1 heterocycles. The zero-order chi connectivity index (χ0) is 20.3. The number of para-hydroxylation sites is 1. The predicted molar refractivity (Wildman–Crippen MR) is 99.3 cm³/mol. The number of anilines is 1. The molecule has 6 nitrogen and oxygen atoms in total. The third-order valence-electron chi connectivity index (χ3n) is 3.92. The van der Waals surface area contributed by atoms with E-state index in [1.807, 2.05) is 31.2 Å². The van der Waals surface area contributed by atoms with Gasteiger partial charge in [0, 0.05) is 5.69 Å². The molecule has 0 saturated heterocycles. The number of aryl methyl sites for hydroxylation is 1. The van der Waals surface area contributed by atoms with E-state index in [2.05, 4.69) is 20.8 Å². The normalized spacial score (nSPS) is 12.6. The number of nitrogens with one attached hydrogen (secondary N) is 1. The number of rotatable bonds is 5. The van der Waals surface area contributed by atoms with E-state index in [4.69, 9.17) is 0 Å². The number of tetrazole rings is 1. The highest BCUT2D eigenvalue weighted by atomic mass is 32.2. The van der Waals surface area contributed by atoms with E-state index in [0.717, 1.165) is 35.1 Å². The van der Waals surface area contributed by atoms with Crippen molar-refractivity contribution in [1.29, 1.82) is 0 Å². The van der Waals surface area contributed by atoms with Crippen LogP contribution < -0.4 is 5.32 Å². The highest BCUT2D eigenvalue weighted by Gasteiger charge is 2.30. The van der Waals surface area contributed by atoms with Crippen LogP contribution in [0.25, 0.3) is 5.69 Å². The molecule has 0 unspecified atom stereocenters. The summed E-state index contributed by atoms with van der Waals surface area (Å²) in [6, 6.07) is 11.8. The molecular weight excluding hydrogens is 391 g/mol.